The Bertz CT molecular complexity index is 1440. The molecule has 0 saturated carbocycles. The Morgan fingerprint density at radius 1 is 0.914 bits per heavy atom. The Kier molecular flexibility index (Phi) is 5.96. The van der Waals surface area contributed by atoms with Gasteiger partial charge in [0, 0.05) is 18.9 Å². The molecule has 6 nitrogen and oxygen atoms in total. The zero-order valence-electron chi connectivity index (χ0n) is 19.9. The predicted molar refractivity (Wildman–Crippen MR) is 137 cm³/mol. The summed E-state index contributed by atoms with van der Waals surface area (Å²) in [5.74, 6) is 2.85. The van der Waals surface area contributed by atoms with Gasteiger partial charge in [-0.2, -0.15) is 0 Å². The number of para-hydroxylation sites is 1. The monoisotopic (exact) mass is 467 g/mol. The van der Waals surface area contributed by atoms with Crippen LogP contribution in [0.5, 0.6) is 5.75 Å². The fourth-order valence-corrected chi connectivity index (χ4v) is 5.20. The molecule has 1 aliphatic rings. The first-order chi connectivity index (χ1) is 17.2. The second-order valence-corrected chi connectivity index (χ2v) is 9.30. The van der Waals surface area contributed by atoms with Gasteiger partial charge in [-0.05, 0) is 66.7 Å². The summed E-state index contributed by atoms with van der Waals surface area (Å²) in [4.78, 5) is 2.56. The van der Waals surface area contributed by atoms with Crippen LogP contribution in [0.1, 0.15) is 36.6 Å². The molecule has 0 N–H and O–H groups in total. The maximum atomic E-state index is 6.12. The zero-order chi connectivity index (χ0) is 23.6. The summed E-state index contributed by atoms with van der Waals surface area (Å²) in [7, 11) is 0. The van der Waals surface area contributed by atoms with E-state index in [0.29, 0.717) is 35.6 Å². The van der Waals surface area contributed by atoms with Crippen molar-refractivity contribution < 1.29 is 13.6 Å². The molecule has 1 aliphatic heterocycles. The number of likely N-dealkylation sites (tertiary alicyclic amines) is 1. The quantitative estimate of drug-likeness (QED) is 0.252. The van der Waals surface area contributed by atoms with Crippen LogP contribution in [-0.2, 0) is 0 Å². The van der Waals surface area contributed by atoms with E-state index < -0.39 is 0 Å². The summed E-state index contributed by atoms with van der Waals surface area (Å²) in [6.07, 6.45) is 3.39. The number of hydrogen-bond acceptors (Lipinski definition) is 6. The van der Waals surface area contributed by atoms with Crippen molar-refractivity contribution in [2.45, 2.75) is 32.1 Å². The van der Waals surface area contributed by atoms with Crippen LogP contribution in [0, 0.1) is 6.92 Å². The average molecular weight is 468 g/mol. The Labute approximate surface area is 204 Å². The second kappa shape index (κ2) is 9.55. The molecular formula is C29H29N3O3. The van der Waals surface area contributed by atoms with Crippen molar-refractivity contribution in [1.29, 1.82) is 0 Å². The molecule has 2 aromatic heterocycles. The maximum Gasteiger partial charge on any atom is 0.283 e. The number of aryl methyl sites for hydroxylation is 1. The first-order valence-electron chi connectivity index (χ1n) is 12.4. The molecule has 178 valence electrons. The molecule has 0 atom stereocenters. The number of piperidine rings is 1. The van der Waals surface area contributed by atoms with Crippen molar-refractivity contribution in [2.75, 3.05) is 26.2 Å². The van der Waals surface area contributed by atoms with Crippen LogP contribution >= 0.6 is 0 Å². The lowest BCUT2D eigenvalue weighted by Crippen LogP contribution is -2.34. The van der Waals surface area contributed by atoms with Crippen LogP contribution in [0.15, 0.2) is 75.6 Å². The van der Waals surface area contributed by atoms with Gasteiger partial charge < -0.3 is 18.5 Å². The minimum absolute atomic E-state index is 0.386. The van der Waals surface area contributed by atoms with Crippen LogP contribution in [0.4, 0.5) is 0 Å². The van der Waals surface area contributed by atoms with E-state index in [9.17, 15) is 0 Å². The summed E-state index contributed by atoms with van der Waals surface area (Å²) in [5.41, 5.74) is 2.22. The molecule has 0 unspecified atom stereocenters. The van der Waals surface area contributed by atoms with Crippen LogP contribution in [0.2, 0.25) is 0 Å². The van der Waals surface area contributed by atoms with E-state index in [0.717, 1.165) is 37.2 Å². The molecule has 1 fully saturated rings. The van der Waals surface area contributed by atoms with Crippen molar-refractivity contribution in [3.05, 3.63) is 78.2 Å². The number of benzene rings is 3. The van der Waals surface area contributed by atoms with Crippen LogP contribution in [-0.4, -0.2) is 41.3 Å². The van der Waals surface area contributed by atoms with Gasteiger partial charge in [0.05, 0.1) is 6.61 Å². The molecule has 0 bridgehead atoms. The minimum Gasteiger partial charge on any atom is -0.490 e. The number of furan rings is 1. The Morgan fingerprint density at radius 2 is 1.71 bits per heavy atom. The van der Waals surface area contributed by atoms with E-state index >= 15 is 0 Å². The first-order valence-corrected chi connectivity index (χ1v) is 12.4. The lowest BCUT2D eigenvalue weighted by molar-refractivity contribution is 0.193. The third-order valence-electron chi connectivity index (χ3n) is 6.97. The van der Waals surface area contributed by atoms with Crippen LogP contribution < -0.4 is 4.74 Å². The zero-order valence-corrected chi connectivity index (χ0v) is 19.9. The second-order valence-electron chi connectivity index (χ2n) is 9.30. The lowest BCUT2D eigenvalue weighted by Gasteiger charge is -2.32. The standard InChI is InChI=1S/C29H29N3O3/c1-20-30-31-29(34-20)27-19-23-9-5-12-26(28(23)35-27)33-18-6-15-32-16-13-22(14-17-32)25-11-4-8-21-7-2-3-10-24(21)25/h2-5,7-12,19,22H,6,13-18H2,1H3. The molecule has 0 amide bonds. The lowest BCUT2D eigenvalue weighted by atomic mass is 9.86. The average Bonchev–Trinajstić information content (AvgIpc) is 3.53. The third kappa shape index (κ3) is 4.54. The summed E-state index contributed by atoms with van der Waals surface area (Å²) < 4.78 is 17.6. The van der Waals surface area contributed by atoms with Crippen molar-refractivity contribution in [2.24, 2.45) is 0 Å². The van der Waals surface area contributed by atoms with Crippen molar-refractivity contribution in [1.82, 2.24) is 15.1 Å². The maximum absolute atomic E-state index is 6.12. The number of hydrogen-bond donors (Lipinski definition) is 0. The van der Waals surface area contributed by atoms with Crippen LogP contribution in [0.25, 0.3) is 33.4 Å². The first kappa shape index (κ1) is 21.9. The molecule has 0 aliphatic carbocycles. The third-order valence-corrected chi connectivity index (χ3v) is 6.97. The van der Waals surface area contributed by atoms with Gasteiger partial charge in [-0.25, -0.2) is 0 Å². The van der Waals surface area contributed by atoms with Gasteiger partial charge in [-0.3, -0.25) is 0 Å². The molecule has 35 heavy (non-hydrogen) atoms. The minimum atomic E-state index is 0.386. The number of ether oxygens (including phenoxy) is 1. The van der Waals surface area contributed by atoms with E-state index in [4.69, 9.17) is 13.6 Å². The Balaban J connectivity index is 1.03. The molecule has 3 aromatic carbocycles. The molecule has 3 heterocycles. The van der Waals surface area contributed by atoms with Crippen LogP contribution in [0.3, 0.4) is 0 Å². The summed E-state index contributed by atoms with van der Waals surface area (Å²) in [6.45, 7) is 5.73. The molecule has 0 spiro atoms. The normalized spacial score (nSPS) is 15.2. The number of fused-ring (bicyclic) bond motifs is 2. The van der Waals surface area contributed by atoms with Gasteiger partial charge in [-0.1, -0.05) is 54.6 Å². The highest BCUT2D eigenvalue weighted by Gasteiger charge is 2.22. The fraction of sp³-hybridized carbons (Fsp3) is 0.310. The van der Waals surface area contributed by atoms with Gasteiger partial charge in [0.25, 0.3) is 5.89 Å². The van der Waals surface area contributed by atoms with Crippen molar-refractivity contribution in [3.63, 3.8) is 0 Å². The summed E-state index contributed by atoms with van der Waals surface area (Å²) in [6, 6.07) is 23.3. The number of rotatable bonds is 7. The van der Waals surface area contributed by atoms with Gasteiger partial charge in [-0.15, -0.1) is 10.2 Å². The Hall–Kier alpha value is -3.64. The summed E-state index contributed by atoms with van der Waals surface area (Å²) >= 11 is 0. The molecule has 1 saturated heterocycles. The molecular weight excluding hydrogens is 438 g/mol. The van der Waals surface area contributed by atoms with Crippen molar-refractivity contribution in [3.8, 4) is 17.4 Å². The predicted octanol–water partition coefficient (Wildman–Crippen LogP) is 6.59. The van der Waals surface area contributed by atoms with Crippen molar-refractivity contribution >= 4 is 21.7 Å². The Morgan fingerprint density at radius 3 is 2.57 bits per heavy atom. The smallest absolute Gasteiger partial charge is 0.283 e. The highest BCUT2D eigenvalue weighted by atomic mass is 16.5. The van der Waals surface area contributed by atoms with Gasteiger partial charge in [0.2, 0.25) is 5.89 Å². The molecule has 6 rings (SSSR count). The topological polar surface area (TPSA) is 64.5 Å². The van der Waals surface area contributed by atoms with E-state index in [1.807, 2.05) is 24.3 Å². The van der Waals surface area contributed by atoms with E-state index in [2.05, 4.69) is 57.6 Å². The van der Waals surface area contributed by atoms with Gasteiger partial charge >= 0.3 is 0 Å². The fourth-order valence-electron chi connectivity index (χ4n) is 5.20. The SMILES string of the molecule is Cc1nnc(-c2cc3cccc(OCCCN4CCC(c5cccc6ccccc56)CC4)c3o2)o1. The molecule has 5 aromatic rings. The number of nitrogens with zero attached hydrogens (tertiary/aromatic N) is 3. The molecule has 0 radical (unpaired) electrons. The molecule has 6 heteroatoms. The largest absolute Gasteiger partial charge is 0.490 e. The van der Waals surface area contributed by atoms with E-state index in [1.54, 1.807) is 6.92 Å². The van der Waals surface area contributed by atoms with Gasteiger partial charge in [0.1, 0.15) is 0 Å². The van der Waals surface area contributed by atoms with Gasteiger partial charge in [0.15, 0.2) is 17.1 Å². The van der Waals surface area contributed by atoms with E-state index in [1.165, 1.54) is 29.2 Å². The summed E-state index contributed by atoms with van der Waals surface area (Å²) in [5, 5.41) is 11.6. The number of aromatic nitrogens is 2. The van der Waals surface area contributed by atoms with E-state index in [-0.39, 0.29) is 0 Å². The highest BCUT2D eigenvalue weighted by molar-refractivity contribution is 5.87. The highest BCUT2D eigenvalue weighted by Crippen LogP contribution is 2.34.